The summed E-state index contributed by atoms with van der Waals surface area (Å²) >= 11 is 1.93. The molecule has 3 rings (SSSR count). The number of unbranched alkanes of at least 4 members (excludes halogenated alkanes) is 1. The number of hydrogen-bond acceptors (Lipinski definition) is 5. The van der Waals surface area contributed by atoms with Crippen molar-refractivity contribution < 1.29 is 14.4 Å². The molecule has 0 aromatic carbocycles. The van der Waals surface area contributed by atoms with E-state index in [1.165, 1.54) is 0 Å². The maximum atomic E-state index is 12.4. The fraction of sp³-hybridized carbons (Fsp3) is 0.737. The Bertz CT molecular complexity index is 590. The van der Waals surface area contributed by atoms with Gasteiger partial charge in [0.2, 0.25) is 5.91 Å². The van der Waals surface area contributed by atoms with Crippen molar-refractivity contribution in [2.75, 3.05) is 38.5 Å². The van der Waals surface area contributed by atoms with Gasteiger partial charge in [0, 0.05) is 50.1 Å². The van der Waals surface area contributed by atoms with E-state index in [4.69, 9.17) is 0 Å². The molecule has 3 saturated heterocycles. The fourth-order valence-electron chi connectivity index (χ4n) is 3.97. The van der Waals surface area contributed by atoms with Gasteiger partial charge in [0.25, 0.3) is 0 Å². The number of carbonyl (C=O) groups excluding carboxylic acids is 3. The number of rotatable bonds is 8. The number of fused-ring (bicyclic) bond motifs is 1. The van der Waals surface area contributed by atoms with Crippen molar-refractivity contribution in [1.82, 2.24) is 20.4 Å². The Morgan fingerprint density at radius 1 is 1.19 bits per heavy atom. The van der Waals surface area contributed by atoms with Gasteiger partial charge in [-0.05, 0) is 25.8 Å². The summed E-state index contributed by atoms with van der Waals surface area (Å²) in [6, 6.07) is 0.487. The lowest BCUT2D eigenvalue weighted by atomic mass is 10.0. The second-order valence-corrected chi connectivity index (χ2v) is 8.83. The topological polar surface area (TPSA) is 81.8 Å². The van der Waals surface area contributed by atoms with E-state index in [0.717, 1.165) is 57.7 Å². The quantitative estimate of drug-likeness (QED) is 0.365. The van der Waals surface area contributed by atoms with Crippen LogP contribution in [0.15, 0.2) is 12.2 Å². The van der Waals surface area contributed by atoms with E-state index >= 15 is 0 Å². The second kappa shape index (κ2) is 9.59. The van der Waals surface area contributed by atoms with Crippen LogP contribution in [0.25, 0.3) is 0 Å². The van der Waals surface area contributed by atoms with Gasteiger partial charge < -0.3 is 15.5 Å². The highest BCUT2D eigenvalue weighted by molar-refractivity contribution is 8.00. The minimum Gasteiger partial charge on any atom is -0.340 e. The van der Waals surface area contributed by atoms with Crippen LogP contribution in [0, 0.1) is 0 Å². The molecule has 0 bridgehead atoms. The zero-order chi connectivity index (χ0) is 19.2. The first kappa shape index (κ1) is 20.2. The van der Waals surface area contributed by atoms with Gasteiger partial charge in [-0.2, -0.15) is 11.8 Å². The zero-order valence-electron chi connectivity index (χ0n) is 16.0. The average Bonchev–Trinajstić information content (AvgIpc) is 3.18. The molecular weight excluding hydrogens is 364 g/mol. The fourth-order valence-corrected chi connectivity index (χ4v) is 5.51. The van der Waals surface area contributed by atoms with Gasteiger partial charge in [0.05, 0.1) is 12.1 Å². The molecule has 150 valence electrons. The first-order chi connectivity index (χ1) is 13.0. The number of piperazine rings is 1. The number of amides is 3. The van der Waals surface area contributed by atoms with Crippen molar-refractivity contribution >= 4 is 29.5 Å². The molecule has 3 unspecified atom stereocenters. The molecule has 0 radical (unpaired) electrons. The molecule has 0 spiro atoms. The Morgan fingerprint density at radius 3 is 2.70 bits per heavy atom. The lowest BCUT2D eigenvalue weighted by Crippen LogP contribution is -2.48. The molecule has 0 aliphatic carbocycles. The lowest BCUT2D eigenvalue weighted by Gasteiger charge is -2.34. The van der Waals surface area contributed by atoms with E-state index < -0.39 is 0 Å². The van der Waals surface area contributed by atoms with Crippen LogP contribution in [-0.4, -0.2) is 83.3 Å². The molecule has 3 amide bonds. The van der Waals surface area contributed by atoms with Crippen molar-refractivity contribution in [2.24, 2.45) is 0 Å². The van der Waals surface area contributed by atoms with E-state index in [-0.39, 0.29) is 29.8 Å². The Labute approximate surface area is 165 Å². The monoisotopic (exact) mass is 394 g/mol. The second-order valence-electron chi connectivity index (χ2n) is 7.56. The van der Waals surface area contributed by atoms with Gasteiger partial charge in [-0.3, -0.25) is 14.5 Å². The van der Waals surface area contributed by atoms with Crippen LogP contribution in [0.2, 0.25) is 0 Å². The van der Waals surface area contributed by atoms with E-state index in [0.29, 0.717) is 11.7 Å². The van der Waals surface area contributed by atoms with Crippen LogP contribution in [0.3, 0.4) is 0 Å². The number of ketones is 1. The third-order valence-corrected chi connectivity index (χ3v) is 7.02. The largest absolute Gasteiger partial charge is 0.340 e. The summed E-state index contributed by atoms with van der Waals surface area (Å²) in [4.78, 5) is 39.0. The van der Waals surface area contributed by atoms with Crippen LogP contribution >= 0.6 is 11.8 Å². The standard InChI is InChI=1S/C19H30N4O3S/c1-14(24)5-4-8-22-9-11-23(12-10-22)17(25)7-3-2-6-16-18-15(13-27-16)20-19(26)21-18/h4-5,15-16,18H,2-3,6-13H2,1H3,(H2,20,21,26)/b5-4+. The Morgan fingerprint density at radius 2 is 1.96 bits per heavy atom. The highest BCUT2D eigenvalue weighted by Gasteiger charge is 2.42. The molecule has 0 saturated carbocycles. The van der Waals surface area contributed by atoms with Gasteiger partial charge >= 0.3 is 6.03 Å². The number of nitrogens with one attached hydrogen (secondary N) is 2. The summed E-state index contributed by atoms with van der Waals surface area (Å²) in [5.41, 5.74) is 0. The summed E-state index contributed by atoms with van der Waals surface area (Å²) in [6.07, 6.45) is 7.11. The summed E-state index contributed by atoms with van der Waals surface area (Å²) in [5, 5.41) is 6.45. The molecule has 7 nitrogen and oxygen atoms in total. The maximum absolute atomic E-state index is 12.4. The predicted octanol–water partition coefficient (Wildman–Crippen LogP) is 1.00. The number of allylic oxidation sites excluding steroid dienone is 1. The molecule has 3 atom stereocenters. The van der Waals surface area contributed by atoms with Crippen molar-refractivity contribution in [3.8, 4) is 0 Å². The first-order valence-electron chi connectivity index (χ1n) is 9.89. The van der Waals surface area contributed by atoms with Crippen LogP contribution in [0.1, 0.15) is 32.6 Å². The Kier molecular flexibility index (Phi) is 7.18. The van der Waals surface area contributed by atoms with Crippen LogP contribution < -0.4 is 10.6 Å². The molecule has 3 aliphatic rings. The normalized spacial score (nSPS) is 28.3. The number of nitrogens with zero attached hydrogens (tertiary/aromatic N) is 2. The maximum Gasteiger partial charge on any atom is 0.315 e. The van der Waals surface area contributed by atoms with Gasteiger partial charge in [-0.25, -0.2) is 4.79 Å². The smallest absolute Gasteiger partial charge is 0.315 e. The summed E-state index contributed by atoms with van der Waals surface area (Å²) in [6.45, 7) is 5.59. The highest BCUT2D eigenvalue weighted by atomic mass is 32.2. The average molecular weight is 395 g/mol. The molecule has 3 aliphatic heterocycles. The van der Waals surface area contributed by atoms with Gasteiger partial charge in [-0.1, -0.05) is 12.5 Å². The molecule has 2 N–H and O–H groups in total. The van der Waals surface area contributed by atoms with Gasteiger partial charge in [0.15, 0.2) is 5.78 Å². The molecule has 3 heterocycles. The molecule has 0 aromatic heterocycles. The Balaban J connectivity index is 1.28. The van der Waals surface area contributed by atoms with E-state index in [1.807, 2.05) is 22.7 Å². The summed E-state index contributed by atoms with van der Waals surface area (Å²) < 4.78 is 0. The van der Waals surface area contributed by atoms with Crippen LogP contribution in [-0.2, 0) is 9.59 Å². The zero-order valence-corrected chi connectivity index (χ0v) is 16.8. The van der Waals surface area contributed by atoms with Crippen molar-refractivity contribution in [1.29, 1.82) is 0 Å². The van der Waals surface area contributed by atoms with E-state index in [1.54, 1.807) is 13.0 Å². The third-order valence-electron chi connectivity index (χ3n) is 5.51. The third kappa shape index (κ3) is 5.72. The summed E-state index contributed by atoms with van der Waals surface area (Å²) in [7, 11) is 0. The first-order valence-corrected chi connectivity index (χ1v) is 10.9. The SMILES string of the molecule is CC(=O)/C=C/CN1CCN(C(=O)CCCCC2SCC3NC(=O)NC32)CC1. The molecule has 0 aromatic rings. The van der Waals surface area contributed by atoms with Crippen molar-refractivity contribution in [2.45, 2.75) is 49.9 Å². The molecule has 27 heavy (non-hydrogen) atoms. The van der Waals surface area contributed by atoms with Crippen LogP contribution in [0.5, 0.6) is 0 Å². The van der Waals surface area contributed by atoms with Crippen molar-refractivity contribution in [3.63, 3.8) is 0 Å². The van der Waals surface area contributed by atoms with Gasteiger partial charge in [-0.15, -0.1) is 0 Å². The van der Waals surface area contributed by atoms with E-state index in [2.05, 4.69) is 15.5 Å². The van der Waals surface area contributed by atoms with Crippen LogP contribution in [0.4, 0.5) is 4.79 Å². The molecule has 8 heteroatoms. The molecular formula is C19H30N4O3S. The summed E-state index contributed by atoms with van der Waals surface area (Å²) in [5.74, 6) is 1.31. The highest BCUT2D eigenvalue weighted by Crippen LogP contribution is 2.33. The number of carbonyl (C=O) groups is 3. The number of thioether (sulfide) groups is 1. The van der Waals surface area contributed by atoms with Crippen molar-refractivity contribution in [3.05, 3.63) is 12.2 Å². The lowest BCUT2D eigenvalue weighted by molar-refractivity contribution is -0.133. The number of urea groups is 1. The molecule has 3 fully saturated rings. The minimum absolute atomic E-state index is 0.0404. The predicted molar refractivity (Wildman–Crippen MR) is 107 cm³/mol. The minimum atomic E-state index is -0.0404. The van der Waals surface area contributed by atoms with E-state index in [9.17, 15) is 14.4 Å². The number of hydrogen-bond donors (Lipinski definition) is 2. The van der Waals surface area contributed by atoms with Gasteiger partial charge in [0.1, 0.15) is 0 Å². The Hall–Kier alpha value is -1.54.